The molecule has 3 atom stereocenters. The van der Waals surface area contributed by atoms with Gasteiger partial charge >= 0.3 is 6.17 Å². The van der Waals surface area contributed by atoms with Crippen molar-refractivity contribution in [3.05, 3.63) is 86.6 Å². The monoisotopic (exact) mass is 434 g/mol. The normalized spacial score (nSPS) is 26.9. The molecule has 5 rings (SSSR count). The summed E-state index contributed by atoms with van der Waals surface area (Å²) in [4.78, 5) is 37.0. The lowest BCUT2D eigenvalue weighted by molar-refractivity contribution is -0.507. The highest BCUT2D eigenvalue weighted by molar-refractivity contribution is 6.13. The summed E-state index contributed by atoms with van der Waals surface area (Å²) in [6.45, 7) is 3.99. The van der Waals surface area contributed by atoms with Crippen molar-refractivity contribution in [3.63, 3.8) is 0 Å². The van der Waals surface area contributed by atoms with Gasteiger partial charge in [0.2, 0.25) is 11.3 Å². The minimum absolute atomic E-state index is 0.163. The molecule has 0 fully saturated rings. The third-order valence-corrected chi connectivity index (χ3v) is 6.06. The highest BCUT2D eigenvalue weighted by Gasteiger charge is 2.71. The zero-order valence-corrected chi connectivity index (χ0v) is 17.1. The highest BCUT2D eigenvalue weighted by atomic mass is 16.6. The Balaban J connectivity index is 1.66. The lowest BCUT2D eigenvalue weighted by Gasteiger charge is -2.34. The van der Waals surface area contributed by atoms with Crippen LogP contribution in [0.5, 0.6) is 5.75 Å². The molecule has 3 unspecified atom stereocenters. The molecule has 2 aromatic carbocycles. The molecule has 0 saturated heterocycles. The summed E-state index contributed by atoms with van der Waals surface area (Å²) < 4.78 is 5.97. The van der Waals surface area contributed by atoms with Crippen molar-refractivity contribution >= 4 is 11.7 Å². The van der Waals surface area contributed by atoms with E-state index in [1.165, 1.54) is 0 Å². The van der Waals surface area contributed by atoms with Crippen molar-refractivity contribution in [1.29, 1.82) is 0 Å². The lowest BCUT2D eigenvalue weighted by atomic mass is 9.82. The molecule has 0 radical (unpaired) electrons. The van der Waals surface area contributed by atoms with E-state index in [2.05, 4.69) is 15.5 Å². The van der Waals surface area contributed by atoms with E-state index in [1.54, 1.807) is 42.5 Å². The Kier molecular flexibility index (Phi) is 4.09. The number of nitro groups is 1. The predicted molar refractivity (Wildman–Crippen MR) is 109 cm³/mol. The van der Waals surface area contributed by atoms with Crippen LogP contribution in [0.4, 0.5) is 0 Å². The number of carbonyl (C=O) groups is 2. The fraction of sp³-hybridized carbons (Fsp3) is 0.273. The largest absolute Gasteiger partial charge is 0.454 e. The maximum absolute atomic E-state index is 13.7. The van der Waals surface area contributed by atoms with Crippen LogP contribution in [-0.2, 0) is 16.1 Å². The number of rotatable bonds is 4. The third-order valence-electron chi connectivity index (χ3n) is 6.06. The van der Waals surface area contributed by atoms with Crippen LogP contribution in [0.2, 0.25) is 0 Å². The van der Waals surface area contributed by atoms with Crippen molar-refractivity contribution in [3.8, 4) is 5.75 Å². The topological polar surface area (TPSA) is 143 Å². The number of ether oxygens (including phenoxy) is 1. The molecule has 0 aromatic heterocycles. The van der Waals surface area contributed by atoms with Gasteiger partial charge in [0.1, 0.15) is 5.75 Å². The van der Waals surface area contributed by atoms with Gasteiger partial charge in [-0.15, -0.1) is 10.2 Å². The van der Waals surface area contributed by atoms with Crippen LogP contribution in [0.1, 0.15) is 46.8 Å². The number of aliphatic hydroxyl groups is 1. The molecule has 2 N–H and O–H groups in total. The third kappa shape index (κ3) is 2.43. The minimum Gasteiger partial charge on any atom is -0.454 e. The Hall–Kier alpha value is -3.92. The molecule has 1 aliphatic carbocycles. The van der Waals surface area contributed by atoms with E-state index in [0.717, 1.165) is 11.6 Å². The summed E-state index contributed by atoms with van der Waals surface area (Å²) >= 11 is 0. The van der Waals surface area contributed by atoms with Gasteiger partial charge in [0.05, 0.1) is 4.92 Å². The number of fused-ring (bicyclic) bond motifs is 5. The number of amides is 1. The molecule has 2 aliphatic heterocycles. The average molecular weight is 434 g/mol. The van der Waals surface area contributed by atoms with Gasteiger partial charge in [-0.3, -0.25) is 19.7 Å². The maximum atomic E-state index is 13.7. The molecule has 0 bridgehead atoms. The first-order valence-corrected chi connectivity index (χ1v) is 9.98. The van der Waals surface area contributed by atoms with Crippen LogP contribution in [0.3, 0.4) is 0 Å². The molecule has 0 spiro atoms. The predicted octanol–water partition coefficient (Wildman–Crippen LogP) is 2.51. The molecular formula is C22H18N4O6. The number of nitrogens with zero attached hydrogens (tertiary/aromatic N) is 3. The van der Waals surface area contributed by atoms with Crippen LogP contribution >= 0.6 is 0 Å². The van der Waals surface area contributed by atoms with Crippen LogP contribution in [0.15, 0.2) is 64.5 Å². The molecule has 32 heavy (non-hydrogen) atoms. The second kappa shape index (κ2) is 6.54. The molecule has 3 aliphatic rings. The van der Waals surface area contributed by atoms with E-state index in [1.807, 2.05) is 13.8 Å². The van der Waals surface area contributed by atoms with Gasteiger partial charge in [-0.1, -0.05) is 50.2 Å². The van der Waals surface area contributed by atoms with Gasteiger partial charge < -0.3 is 15.2 Å². The highest BCUT2D eigenvalue weighted by Crippen LogP contribution is 2.58. The quantitative estimate of drug-likeness (QED) is 0.559. The molecule has 2 aromatic rings. The van der Waals surface area contributed by atoms with Gasteiger partial charge in [0.25, 0.3) is 11.7 Å². The molecule has 10 heteroatoms. The van der Waals surface area contributed by atoms with Crippen molar-refractivity contribution in [2.45, 2.75) is 37.3 Å². The SMILES string of the molecule is CC(C)c1ccc2c(c1)OC1(O)c3ccccc3C(=O)C21NC(=O)C1=CC([N+](=O)[O-])N=N1. The summed E-state index contributed by atoms with van der Waals surface area (Å²) in [7, 11) is 0. The molecule has 0 saturated carbocycles. The number of benzene rings is 2. The molecule has 162 valence electrons. The van der Waals surface area contributed by atoms with E-state index in [-0.39, 0.29) is 28.5 Å². The van der Waals surface area contributed by atoms with Crippen LogP contribution in [-0.4, -0.2) is 27.9 Å². The van der Waals surface area contributed by atoms with Crippen LogP contribution in [0, 0.1) is 10.1 Å². The van der Waals surface area contributed by atoms with Gasteiger partial charge in [-0.2, -0.15) is 0 Å². The lowest BCUT2D eigenvalue weighted by Crippen LogP contribution is -2.60. The Morgan fingerprint density at radius 3 is 2.69 bits per heavy atom. The van der Waals surface area contributed by atoms with Gasteiger partial charge in [0.15, 0.2) is 5.70 Å². The smallest absolute Gasteiger partial charge is 0.342 e. The summed E-state index contributed by atoms with van der Waals surface area (Å²) in [5.41, 5.74) is -0.658. The van der Waals surface area contributed by atoms with Crippen molar-refractivity contribution in [1.82, 2.24) is 5.32 Å². The van der Waals surface area contributed by atoms with E-state index in [0.29, 0.717) is 5.56 Å². The molecule has 10 nitrogen and oxygen atoms in total. The number of ketones is 1. The van der Waals surface area contributed by atoms with E-state index >= 15 is 0 Å². The van der Waals surface area contributed by atoms with Crippen molar-refractivity contribution in [2.24, 2.45) is 10.2 Å². The summed E-state index contributed by atoms with van der Waals surface area (Å²) in [6, 6.07) is 11.6. The first kappa shape index (κ1) is 20.0. The second-order valence-electron chi connectivity index (χ2n) is 8.20. The second-order valence-corrected chi connectivity index (χ2v) is 8.20. The van der Waals surface area contributed by atoms with Crippen LogP contribution < -0.4 is 10.1 Å². The summed E-state index contributed by atoms with van der Waals surface area (Å²) in [5.74, 6) is -3.21. The number of hydrogen-bond donors (Lipinski definition) is 2. The van der Waals surface area contributed by atoms with E-state index in [9.17, 15) is 24.8 Å². The van der Waals surface area contributed by atoms with Gasteiger partial charge in [-0.05, 0) is 17.5 Å². The fourth-order valence-electron chi connectivity index (χ4n) is 4.42. The zero-order chi connectivity index (χ0) is 22.8. The van der Waals surface area contributed by atoms with Crippen LogP contribution in [0.25, 0.3) is 0 Å². The summed E-state index contributed by atoms with van der Waals surface area (Å²) in [5, 5.41) is 32.3. The zero-order valence-electron chi connectivity index (χ0n) is 17.1. The number of hydrogen-bond acceptors (Lipinski definition) is 8. The Labute approximate surface area is 181 Å². The van der Waals surface area contributed by atoms with Gasteiger partial charge in [0, 0.05) is 22.8 Å². The van der Waals surface area contributed by atoms with Crippen molar-refractivity contribution in [2.75, 3.05) is 0 Å². The molecule has 1 amide bonds. The van der Waals surface area contributed by atoms with E-state index in [4.69, 9.17) is 4.74 Å². The summed E-state index contributed by atoms with van der Waals surface area (Å²) in [6.07, 6.45) is -0.500. The molecular weight excluding hydrogens is 416 g/mol. The maximum Gasteiger partial charge on any atom is 0.342 e. The first-order valence-electron chi connectivity index (χ1n) is 9.98. The van der Waals surface area contributed by atoms with E-state index < -0.39 is 34.1 Å². The Morgan fingerprint density at radius 2 is 2.00 bits per heavy atom. The average Bonchev–Trinajstić information content (AvgIpc) is 3.40. The minimum atomic E-state index is -2.20. The number of carbonyl (C=O) groups excluding carboxylic acids is 2. The number of nitrogens with one attached hydrogen (secondary N) is 1. The fourth-order valence-corrected chi connectivity index (χ4v) is 4.42. The molecule has 2 heterocycles. The van der Waals surface area contributed by atoms with Gasteiger partial charge in [-0.25, -0.2) is 0 Å². The Morgan fingerprint density at radius 1 is 1.25 bits per heavy atom. The number of Topliss-reactive ketones (excluding diaryl/α,β-unsaturated/α-hetero) is 1. The Bertz CT molecular complexity index is 1270. The van der Waals surface area contributed by atoms with Crippen molar-refractivity contribution < 1.29 is 24.4 Å². The number of azo groups is 1. The first-order chi connectivity index (χ1) is 15.2. The standard InChI is InChI=1S/C22H18N4O6/c1-11(2)12-7-8-15-17(9-12)32-22(29)14-6-4-3-5-13(14)19(27)21(15,22)23-20(28)16-10-18(25-24-16)26(30)31/h3-11,18,29H,1-2H3,(H,23,28).